The molecule has 0 bridgehead atoms. The van der Waals surface area contributed by atoms with Crippen LogP contribution in [0.25, 0.3) is 0 Å². The Hall–Kier alpha value is -2.66. The second-order valence-corrected chi connectivity index (χ2v) is 5.90. The molecule has 0 spiro atoms. The fourth-order valence-corrected chi connectivity index (χ4v) is 2.93. The van der Waals surface area contributed by atoms with Crippen molar-refractivity contribution in [3.05, 3.63) is 70.7 Å². The summed E-state index contributed by atoms with van der Waals surface area (Å²) in [5.41, 5.74) is 4.08. The monoisotopic (exact) mass is 341 g/mol. The normalized spacial score (nSPS) is 20.1. The highest BCUT2D eigenvalue weighted by atomic mass is 35.5. The Kier molecular flexibility index (Phi) is 4.91. The van der Waals surface area contributed by atoms with Gasteiger partial charge in [-0.2, -0.15) is 5.10 Å². The lowest BCUT2D eigenvalue weighted by Gasteiger charge is -2.15. The number of hydrazone groups is 1. The summed E-state index contributed by atoms with van der Waals surface area (Å²) < 4.78 is 0. The third-order valence-electron chi connectivity index (χ3n) is 3.97. The lowest BCUT2D eigenvalue weighted by atomic mass is 9.88. The van der Waals surface area contributed by atoms with Gasteiger partial charge in [0.15, 0.2) is 0 Å². The molecule has 2 aromatic carbocycles. The maximum atomic E-state index is 12.4. The van der Waals surface area contributed by atoms with Crippen LogP contribution in [0, 0.1) is 5.92 Å². The first-order valence-electron chi connectivity index (χ1n) is 7.57. The molecule has 1 aliphatic rings. The Labute approximate surface area is 144 Å². The fraction of sp³-hybridized carbons (Fsp3) is 0.167. The van der Waals surface area contributed by atoms with Crippen LogP contribution in [0.2, 0.25) is 5.02 Å². The van der Waals surface area contributed by atoms with Gasteiger partial charge in [0.05, 0.1) is 6.21 Å². The summed E-state index contributed by atoms with van der Waals surface area (Å²) in [5, 5.41) is 7.20. The Bertz CT molecular complexity index is 777. The number of hydrogen-bond donors (Lipinski definition) is 2. The number of carbonyl (C=O) groups excluding carboxylic acids is 2. The molecule has 24 heavy (non-hydrogen) atoms. The van der Waals surface area contributed by atoms with Crippen molar-refractivity contribution < 1.29 is 9.59 Å². The summed E-state index contributed by atoms with van der Waals surface area (Å²) >= 11 is 6.02. The van der Waals surface area contributed by atoms with E-state index in [9.17, 15) is 9.59 Å². The molecule has 3 rings (SSSR count). The van der Waals surface area contributed by atoms with Crippen LogP contribution in [0.1, 0.15) is 17.0 Å². The van der Waals surface area contributed by atoms with E-state index in [2.05, 4.69) is 15.8 Å². The number of nitrogens with one attached hydrogen (secondary N) is 2. The number of carbonyl (C=O) groups is 2. The zero-order chi connectivity index (χ0) is 16.9. The molecule has 2 amide bonds. The highest BCUT2D eigenvalue weighted by Gasteiger charge is 2.40. The van der Waals surface area contributed by atoms with E-state index in [1.807, 2.05) is 42.5 Å². The van der Waals surface area contributed by atoms with Gasteiger partial charge in [-0.3, -0.25) is 9.59 Å². The van der Waals surface area contributed by atoms with E-state index in [1.165, 1.54) is 6.21 Å². The van der Waals surface area contributed by atoms with Crippen molar-refractivity contribution in [2.75, 3.05) is 6.54 Å². The van der Waals surface area contributed by atoms with Crippen LogP contribution in [0.15, 0.2) is 59.7 Å². The molecule has 1 aliphatic heterocycles. The highest BCUT2D eigenvalue weighted by molar-refractivity contribution is 6.33. The standard InChI is InChI=1S/C18H16ClN3O2/c19-15-9-5-4-8-13(15)10-21-22-18(24)16-14(11-20-17(16)23)12-6-2-1-3-7-12/h1-10,14,16H,11H2,(H,20,23)(H,22,24)/b21-10+. The van der Waals surface area contributed by atoms with Crippen LogP contribution in [-0.2, 0) is 9.59 Å². The molecule has 0 radical (unpaired) electrons. The van der Waals surface area contributed by atoms with Gasteiger partial charge in [-0.25, -0.2) is 5.43 Å². The van der Waals surface area contributed by atoms with E-state index in [0.29, 0.717) is 17.1 Å². The Balaban J connectivity index is 1.71. The number of amides is 2. The quantitative estimate of drug-likeness (QED) is 0.509. The average Bonchev–Trinajstić information content (AvgIpc) is 2.99. The molecule has 0 aromatic heterocycles. The molecule has 1 saturated heterocycles. The molecule has 0 saturated carbocycles. The molecular formula is C18H16ClN3O2. The SMILES string of the molecule is O=C1NCC(c2ccccc2)C1C(=O)N/N=C/c1ccccc1Cl. The van der Waals surface area contributed by atoms with E-state index in [1.54, 1.807) is 12.1 Å². The summed E-state index contributed by atoms with van der Waals surface area (Å²) in [6.07, 6.45) is 1.46. The molecule has 1 heterocycles. The molecule has 6 heteroatoms. The summed E-state index contributed by atoms with van der Waals surface area (Å²) in [6, 6.07) is 16.7. The highest BCUT2D eigenvalue weighted by Crippen LogP contribution is 2.28. The molecule has 2 unspecified atom stereocenters. The zero-order valence-corrected chi connectivity index (χ0v) is 13.5. The second-order valence-electron chi connectivity index (χ2n) is 5.50. The minimum absolute atomic E-state index is 0.200. The minimum Gasteiger partial charge on any atom is -0.355 e. The Morgan fingerprint density at radius 1 is 1.17 bits per heavy atom. The molecule has 5 nitrogen and oxygen atoms in total. The molecule has 2 aromatic rings. The largest absolute Gasteiger partial charge is 0.355 e. The summed E-state index contributed by atoms with van der Waals surface area (Å²) in [4.78, 5) is 24.4. The summed E-state index contributed by atoms with van der Waals surface area (Å²) in [7, 11) is 0. The lowest BCUT2D eigenvalue weighted by molar-refractivity contribution is -0.133. The lowest BCUT2D eigenvalue weighted by Crippen LogP contribution is -2.34. The number of nitrogens with zero attached hydrogens (tertiary/aromatic N) is 1. The van der Waals surface area contributed by atoms with Crippen molar-refractivity contribution in [3.8, 4) is 0 Å². The van der Waals surface area contributed by atoms with Gasteiger partial charge in [-0.15, -0.1) is 0 Å². The third-order valence-corrected chi connectivity index (χ3v) is 4.32. The van der Waals surface area contributed by atoms with Gasteiger partial charge < -0.3 is 5.32 Å². The van der Waals surface area contributed by atoms with Gasteiger partial charge >= 0.3 is 0 Å². The van der Waals surface area contributed by atoms with Crippen molar-refractivity contribution in [3.63, 3.8) is 0 Å². The topological polar surface area (TPSA) is 70.6 Å². The van der Waals surface area contributed by atoms with Crippen LogP contribution in [0.3, 0.4) is 0 Å². The van der Waals surface area contributed by atoms with Crippen molar-refractivity contribution in [2.45, 2.75) is 5.92 Å². The molecule has 2 N–H and O–H groups in total. The first-order chi connectivity index (χ1) is 11.7. The van der Waals surface area contributed by atoms with Crippen molar-refractivity contribution in [1.29, 1.82) is 0 Å². The van der Waals surface area contributed by atoms with Crippen molar-refractivity contribution in [2.24, 2.45) is 11.0 Å². The number of hydrogen-bond acceptors (Lipinski definition) is 3. The van der Waals surface area contributed by atoms with Gasteiger partial charge in [0, 0.05) is 23.0 Å². The van der Waals surface area contributed by atoms with Crippen LogP contribution in [-0.4, -0.2) is 24.6 Å². The van der Waals surface area contributed by atoms with E-state index in [0.717, 1.165) is 5.56 Å². The predicted molar refractivity (Wildman–Crippen MR) is 92.9 cm³/mol. The maximum absolute atomic E-state index is 12.4. The van der Waals surface area contributed by atoms with E-state index in [4.69, 9.17) is 11.6 Å². The smallest absolute Gasteiger partial charge is 0.253 e. The number of halogens is 1. The second kappa shape index (κ2) is 7.27. The third kappa shape index (κ3) is 3.46. The average molecular weight is 342 g/mol. The van der Waals surface area contributed by atoms with Crippen LogP contribution in [0.4, 0.5) is 0 Å². The van der Waals surface area contributed by atoms with Gasteiger partial charge in [0.25, 0.3) is 5.91 Å². The van der Waals surface area contributed by atoms with Crippen LogP contribution >= 0.6 is 11.6 Å². The van der Waals surface area contributed by atoms with Gasteiger partial charge in [0.2, 0.25) is 5.91 Å². The summed E-state index contributed by atoms with van der Waals surface area (Å²) in [6.45, 7) is 0.440. The first kappa shape index (κ1) is 16.2. The molecule has 0 aliphatic carbocycles. The maximum Gasteiger partial charge on any atom is 0.253 e. The van der Waals surface area contributed by atoms with E-state index in [-0.39, 0.29) is 11.8 Å². The Morgan fingerprint density at radius 2 is 1.88 bits per heavy atom. The van der Waals surface area contributed by atoms with Crippen molar-refractivity contribution in [1.82, 2.24) is 10.7 Å². The van der Waals surface area contributed by atoms with Crippen molar-refractivity contribution >= 4 is 29.6 Å². The number of rotatable bonds is 4. The zero-order valence-electron chi connectivity index (χ0n) is 12.8. The van der Waals surface area contributed by atoms with Crippen LogP contribution in [0.5, 0.6) is 0 Å². The Morgan fingerprint density at radius 3 is 2.62 bits per heavy atom. The van der Waals surface area contributed by atoms with Gasteiger partial charge in [-0.1, -0.05) is 60.1 Å². The van der Waals surface area contributed by atoms with E-state index >= 15 is 0 Å². The minimum atomic E-state index is -0.796. The molecule has 2 atom stereocenters. The van der Waals surface area contributed by atoms with Gasteiger partial charge in [-0.05, 0) is 11.6 Å². The molecular weight excluding hydrogens is 326 g/mol. The fourth-order valence-electron chi connectivity index (χ4n) is 2.75. The molecule has 1 fully saturated rings. The predicted octanol–water partition coefficient (Wildman–Crippen LogP) is 2.32. The van der Waals surface area contributed by atoms with Crippen LogP contribution < -0.4 is 10.7 Å². The number of benzene rings is 2. The van der Waals surface area contributed by atoms with Gasteiger partial charge in [0.1, 0.15) is 5.92 Å². The summed E-state index contributed by atoms with van der Waals surface area (Å²) in [5.74, 6) is -1.71. The molecule has 122 valence electrons. The van der Waals surface area contributed by atoms with E-state index < -0.39 is 11.8 Å². The first-order valence-corrected chi connectivity index (χ1v) is 7.94.